The summed E-state index contributed by atoms with van der Waals surface area (Å²) in [5.41, 5.74) is 5.39. The van der Waals surface area contributed by atoms with Gasteiger partial charge < -0.3 is 20.1 Å². The molecule has 0 saturated heterocycles. The van der Waals surface area contributed by atoms with Crippen molar-refractivity contribution < 1.29 is 37.6 Å². The lowest BCUT2D eigenvalue weighted by molar-refractivity contribution is -0.161. The van der Waals surface area contributed by atoms with Crippen molar-refractivity contribution in [1.82, 2.24) is 0 Å². The predicted octanol–water partition coefficient (Wildman–Crippen LogP) is 20.8. The average Bonchev–Trinajstić information content (AvgIpc) is 3.43. The van der Waals surface area contributed by atoms with E-state index in [1.165, 1.54) is 161 Å². The summed E-state index contributed by atoms with van der Waals surface area (Å²) in [6.07, 6.45) is 84.9. The maximum absolute atomic E-state index is 12.7. The number of phosphoric acid groups is 1. The van der Waals surface area contributed by atoms with Gasteiger partial charge in [-0.15, -0.1) is 0 Å². The van der Waals surface area contributed by atoms with Crippen molar-refractivity contribution in [1.29, 1.82) is 0 Å². The molecule has 0 rings (SSSR count). The van der Waals surface area contributed by atoms with Gasteiger partial charge in [0.05, 0.1) is 13.2 Å². The van der Waals surface area contributed by atoms with E-state index in [9.17, 15) is 19.0 Å². The van der Waals surface area contributed by atoms with E-state index >= 15 is 0 Å². The Morgan fingerprint density at radius 2 is 0.705 bits per heavy atom. The van der Waals surface area contributed by atoms with Gasteiger partial charge in [0.25, 0.3) is 0 Å². The number of carbonyl (C=O) groups is 2. The topological polar surface area (TPSA) is 134 Å². The Balaban J connectivity index is 3.84. The highest BCUT2D eigenvalue weighted by Gasteiger charge is 2.26. The van der Waals surface area contributed by atoms with Gasteiger partial charge >= 0.3 is 19.8 Å². The molecule has 0 radical (unpaired) electrons. The SMILES string of the molecule is CC/C=C\C/C=C\C/C=C\C/C=C\C/C=C\C/C=C\CCCCCCCCCCCCCCCCCCCCCCC(=O)OC(COC(=O)CCCCCCCCC/C=C\C/C=C\CCCCCC)COP(=O)(O)OCCN. The summed E-state index contributed by atoms with van der Waals surface area (Å²) in [5.74, 6) is -0.829. The van der Waals surface area contributed by atoms with Crippen LogP contribution in [0, 0.1) is 0 Å². The highest BCUT2D eigenvalue weighted by molar-refractivity contribution is 7.47. The smallest absolute Gasteiger partial charge is 0.462 e. The summed E-state index contributed by atoms with van der Waals surface area (Å²) in [7, 11) is -4.39. The number of phosphoric ester groups is 1. The third-order valence-electron chi connectivity index (χ3n) is 13.7. The second-order valence-corrected chi connectivity index (χ2v) is 22.7. The quantitative estimate of drug-likeness (QED) is 0.0264. The predicted molar refractivity (Wildman–Crippen MR) is 335 cm³/mol. The first-order valence-electron chi connectivity index (χ1n) is 32.2. The monoisotopic (exact) mass is 1110 g/mol. The van der Waals surface area contributed by atoms with Crippen molar-refractivity contribution in [3.05, 3.63) is 97.2 Å². The van der Waals surface area contributed by atoms with Crippen molar-refractivity contribution in [3.63, 3.8) is 0 Å². The highest BCUT2D eigenvalue weighted by Crippen LogP contribution is 2.43. The van der Waals surface area contributed by atoms with Crippen LogP contribution >= 0.6 is 7.82 Å². The number of hydrogen-bond acceptors (Lipinski definition) is 8. The van der Waals surface area contributed by atoms with E-state index in [0.717, 1.165) is 96.3 Å². The minimum atomic E-state index is -4.39. The number of allylic oxidation sites excluding steroid dienone is 16. The van der Waals surface area contributed by atoms with E-state index in [2.05, 4.69) is 111 Å². The van der Waals surface area contributed by atoms with Gasteiger partial charge in [-0.1, -0.05) is 278 Å². The van der Waals surface area contributed by atoms with Crippen LogP contribution in [0.2, 0.25) is 0 Å². The molecule has 9 nitrogen and oxygen atoms in total. The number of unbranched alkanes of at least 4 members (excludes halogenated alkanes) is 31. The number of ether oxygens (including phenoxy) is 2. The fourth-order valence-corrected chi connectivity index (χ4v) is 9.73. The minimum Gasteiger partial charge on any atom is -0.462 e. The number of hydrogen-bond donors (Lipinski definition) is 2. The molecule has 10 heteroatoms. The molecule has 0 heterocycles. The molecule has 3 N–H and O–H groups in total. The van der Waals surface area contributed by atoms with Crippen molar-refractivity contribution in [2.45, 2.75) is 296 Å². The van der Waals surface area contributed by atoms with Gasteiger partial charge in [-0.05, 0) is 96.3 Å². The maximum atomic E-state index is 12.7. The molecule has 0 amide bonds. The molecule has 0 aliphatic heterocycles. The first-order chi connectivity index (χ1) is 38.3. The molecule has 0 fully saturated rings. The van der Waals surface area contributed by atoms with Gasteiger partial charge in [0.1, 0.15) is 6.61 Å². The molecular weight excluding hydrogens is 990 g/mol. The number of carbonyl (C=O) groups excluding carboxylic acids is 2. The molecular formula is C68H120NO8P. The lowest BCUT2D eigenvalue weighted by Gasteiger charge is -2.19. The standard InChI is InChI=1S/C68H120NO8P/c1-3-5-7-9-11-13-15-17-19-21-23-24-25-26-27-28-29-30-31-32-33-34-35-36-37-38-39-40-41-42-43-45-47-49-51-53-55-57-59-61-68(71)77-66(65-76-78(72,73)75-63-62-69)64-74-67(70)60-58-56-54-52-50-48-46-44-22-20-18-16-14-12-10-8-6-4-2/h5,7,11,13-14,16-17,19-20,22-24,26-27,29-30,66H,3-4,6,8-10,12,15,18,21,25,28,31-65,69H2,1-2H3,(H,72,73)/b7-5-,13-11-,16-14-,19-17-,22-20-,24-23-,27-26-,30-29-. The molecule has 0 spiro atoms. The van der Waals surface area contributed by atoms with E-state index in [-0.39, 0.29) is 38.6 Å². The normalized spacial score (nSPS) is 13.6. The molecule has 450 valence electrons. The van der Waals surface area contributed by atoms with Crippen molar-refractivity contribution >= 4 is 19.8 Å². The average molecular weight is 1110 g/mol. The third-order valence-corrected chi connectivity index (χ3v) is 14.7. The van der Waals surface area contributed by atoms with Crippen LogP contribution in [0.3, 0.4) is 0 Å². The van der Waals surface area contributed by atoms with E-state index in [1.807, 2.05) is 0 Å². The molecule has 78 heavy (non-hydrogen) atoms. The van der Waals surface area contributed by atoms with Gasteiger partial charge in [0.2, 0.25) is 0 Å². The Hall–Kier alpha value is -3.07. The van der Waals surface area contributed by atoms with Gasteiger partial charge in [-0.3, -0.25) is 18.6 Å². The molecule has 0 aromatic heterocycles. The van der Waals surface area contributed by atoms with Crippen LogP contribution in [-0.4, -0.2) is 49.3 Å². The van der Waals surface area contributed by atoms with Gasteiger partial charge in [0.15, 0.2) is 6.10 Å². The molecule has 2 atom stereocenters. The fourth-order valence-electron chi connectivity index (χ4n) is 8.97. The zero-order valence-corrected chi connectivity index (χ0v) is 51.3. The summed E-state index contributed by atoms with van der Waals surface area (Å²) < 4.78 is 33.1. The number of rotatable bonds is 60. The molecule has 2 unspecified atom stereocenters. The Morgan fingerprint density at radius 1 is 0.397 bits per heavy atom. The molecule has 0 aromatic carbocycles. The molecule has 0 aliphatic rings. The van der Waals surface area contributed by atoms with Crippen LogP contribution in [0.4, 0.5) is 0 Å². The first kappa shape index (κ1) is 74.9. The van der Waals surface area contributed by atoms with Crippen LogP contribution in [0.25, 0.3) is 0 Å². The minimum absolute atomic E-state index is 0.0506. The summed E-state index contributed by atoms with van der Waals surface area (Å²) in [6.45, 7) is 3.63. The fraction of sp³-hybridized carbons (Fsp3) is 0.735. The Bertz CT molecular complexity index is 1600. The summed E-state index contributed by atoms with van der Waals surface area (Å²) in [5, 5.41) is 0. The maximum Gasteiger partial charge on any atom is 0.472 e. The molecule has 0 saturated carbocycles. The number of nitrogens with two attached hydrogens (primary N) is 1. The van der Waals surface area contributed by atoms with E-state index in [4.69, 9.17) is 24.3 Å². The van der Waals surface area contributed by atoms with Gasteiger partial charge in [0, 0.05) is 19.4 Å². The van der Waals surface area contributed by atoms with Crippen molar-refractivity contribution in [2.75, 3.05) is 26.4 Å². The van der Waals surface area contributed by atoms with Crippen LogP contribution in [0.15, 0.2) is 97.2 Å². The second-order valence-electron chi connectivity index (χ2n) is 21.2. The number of esters is 2. The van der Waals surface area contributed by atoms with Crippen molar-refractivity contribution in [2.24, 2.45) is 5.73 Å². The van der Waals surface area contributed by atoms with Gasteiger partial charge in [-0.25, -0.2) is 4.57 Å². The Morgan fingerprint density at radius 3 is 1.05 bits per heavy atom. The summed E-state index contributed by atoms with van der Waals surface area (Å²) in [6, 6.07) is 0. The largest absolute Gasteiger partial charge is 0.472 e. The third kappa shape index (κ3) is 62.1. The molecule has 0 bridgehead atoms. The Labute approximate surface area is 480 Å². The molecule has 0 aliphatic carbocycles. The zero-order valence-electron chi connectivity index (χ0n) is 50.4. The lowest BCUT2D eigenvalue weighted by Crippen LogP contribution is -2.29. The Kier molecular flexibility index (Phi) is 60.6. The zero-order chi connectivity index (χ0) is 56.6. The van der Waals surface area contributed by atoms with Crippen LogP contribution in [0.1, 0.15) is 290 Å². The second kappa shape index (κ2) is 63.1. The van der Waals surface area contributed by atoms with Crippen molar-refractivity contribution in [3.8, 4) is 0 Å². The van der Waals surface area contributed by atoms with Crippen LogP contribution < -0.4 is 5.73 Å². The van der Waals surface area contributed by atoms with E-state index < -0.39 is 26.5 Å². The van der Waals surface area contributed by atoms with Crippen LogP contribution in [-0.2, 0) is 32.7 Å². The summed E-state index contributed by atoms with van der Waals surface area (Å²) >= 11 is 0. The highest BCUT2D eigenvalue weighted by atomic mass is 31.2. The summed E-state index contributed by atoms with van der Waals surface area (Å²) in [4.78, 5) is 35.2. The van der Waals surface area contributed by atoms with E-state index in [0.29, 0.717) is 6.42 Å². The molecule has 0 aromatic rings. The first-order valence-corrected chi connectivity index (χ1v) is 33.7. The van der Waals surface area contributed by atoms with E-state index in [1.54, 1.807) is 0 Å². The van der Waals surface area contributed by atoms with Gasteiger partial charge in [-0.2, -0.15) is 0 Å². The van der Waals surface area contributed by atoms with Crippen LogP contribution in [0.5, 0.6) is 0 Å². The lowest BCUT2D eigenvalue weighted by atomic mass is 10.0.